The van der Waals surface area contributed by atoms with Gasteiger partial charge >= 0.3 is 6.18 Å². The van der Waals surface area contributed by atoms with Gasteiger partial charge in [-0.2, -0.15) is 22.7 Å². The Labute approximate surface area is 153 Å². The predicted octanol–water partition coefficient (Wildman–Crippen LogP) is 1.82. The average molecular weight is 404 g/mol. The number of rotatable bonds is 4. The van der Waals surface area contributed by atoms with Crippen molar-refractivity contribution < 1.29 is 21.6 Å². The molecule has 1 aliphatic heterocycles. The fourth-order valence-corrected chi connectivity index (χ4v) is 5.12. The zero-order valence-electron chi connectivity index (χ0n) is 14.6. The van der Waals surface area contributed by atoms with Gasteiger partial charge in [0.1, 0.15) is 5.82 Å². The number of nitrogens with zero attached hydrogens (tertiary/aromatic N) is 5. The quantitative estimate of drug-likeness (QED) is 0.836. The number of sulfonamides is 1. The first-order chi connectivity index (χ1) is 12.6. The average Bonchev–Trinajstić information content (AvgIpc) is 3.35. The van der Waals surface area contributed by atoms with E-state index in [1.54, 1.807) is 13.0 Å². The molecule has 27 heavy (non-hydrogen) atoms. The second-order valence-corrected chi connectivity index (χ2v) is 9.20. The molecule has 2 aromatic heterocycles. The number of anilines is 1. The Balaban J connectivity index is 1.51. The Morgan fingerprint density at radius 3 is 2.41 bits per heavy atom. The van der Waals surface area contributed by atoms with Crippen molar-refractivity contribution >= 4 is 21.6 Å². The number of halogens is 3. The molecule has 4 rings (SSSR count). The Morgan fingerprint density at radius 1 is 1.15 bits per heavy atom. The molecular weight excluding hydrogens is 385 g/mol. The molecule has 0 bridgehead atoms. The highest BCUT2D eigenvalue weighted by Gasteiger charge is 2.41. The number of aryl methyl sites for hydroxylation is 1. The van der Waals surface area contributed by atoms with Gasteiger partial charge in [0.05, 0.1) is 5.25 Å². The lowest BCUT2D eigenvalue weighted by Gasteiger charge is -2.32. The maximum atomic E-state index is 12.9. The maximum Gasteiger partial charge on any atom is 0.453 e. The molecule has 2 aromatic rings. The van der Waals surface area contributed by atoms with Crippen molar-refractivity contribution in [3.05, 3.63) is 17.6 Å². The fraction of sp³-hybridized carbons (Fsp3) is 0.667. The van der Waals surface area contributed by atoms with Gasteiger partial charge in [0.2, 0.25) is 10.0 Å². The summed E-state index contributed by atoms with van der Waals surface area (Å²) in [4.78, 5) is 7.45. The lowest BCUT2D eigenvalue weighted by atomic mass is 10.1. The summed E-state index contributed by atoms with van der Waals surface area (Å²) in [5, 5.41) is 6.47. The van der Waals surface area contributed by atoms with E-state index in [1.807, 2.05) is 0 Å². The summed E-state index contributed by atoms with van der Waals surface area (Å²) in [6.07, 6.45) is -2.07. The minimum atomic E-state index is -4.65. The van der Waals surface area contributed by atoms with Gasteiger partial charge in [-0.1, -0.05) is 0 Å². The summed E-state index contributed by atoms with van der Waals surface area (Å²) in [5.41, 5.74) is 0.514. The van der Waals surface area contributed by atoms with Crippen LogP contribution in [0.5, 0.6) is 0 Å². The third-order valence-electron chi connectivity index (χ3n) is 4.81. The van der Waals surface area contributed by atoms with Crippen LogP contribution >= 0.6 is 0 Å². The molecule has 3 heterocycles. The lowest BCUT2D eigenvalue weighted by molar-refractivity contribution is -0.144. The minimum Gasteiger partial charge on any atom is -0.367 e. The van der Waals surface area contributed by atoms with Crippen LogP contribution in [0.4, 0.5) is 19.0 Å². The van der Waals surface area contributed by atoms with Crippen molar-refractivity contribution in [1.29, 1.82) is 0 Å². The zero-order chi connectivity index (χ0) is 19.4. The number of hydrogen-bond donors (Lipinski definition) is 1. The summed E-state index contributed by atoms with van der Waals surface area (Å²) in [6.45, 7) is 2.46. The SMILES string of the molecule is Cc1cc(NC2CCN(S(=O)(=O)C3CC3)CC2)n2nc(C(F)(F)F)nc2n1. The topological polar surface area (TPSA) is 92.5 Å². The van der Waals surface area contributed by atoms with Crippen LogP contribution in [0.1, 0.15) is 37.2 Å². The Kier molecular flexibility index (Phi) is 4.29. The van der Waals surface area contributed by atoms with E-state index in [1.165, 1.54) is 4.31 Å². The van der Waals surface area contributed by atoms with Crippen molar-refractivity contribution in [2.45, 2.75) is 50.1 Å². The fourth-order valence-electron chi connectivity index (χ4n) is 3.25. The molecule has 12 heteroatoms. The minimum absolute atomic E-state index is 0.0702. The van der Waals surface area contributed by atoms with Gasteiger partial charge in [0.15, 0.2) is 0 Å². The molecular formula is C15H19F3N6O2S. The van der Waals surface area contributed by atoms with Gasteiger partial charge in [-0.15, -0.1) is 5.10 Å². The second kappa shape index (κ2) is 6.30. The molecule has 1 N–H and O–H groups in total. The molecule has 0 amide bonds. The number of fused-ring (bicyclic) bond motifs is 1. The highest BCUT2D eigenvalue weighted by molar-refractivity contribution is 7.90. The third kappa shape index (κ3) is 3.59. The number of aromatic nitrogens is 4. The van der Waals surface area contributed by atoms with Crippen LogP contribution < -0.4 is 5.32 Å². The second-order valence-electron chi connectivity index (χ2n) is 6.99. The van der Waals surface area contributed by atoms with Crippen molar-refractivity contribution in [2.75, 3.05) is 18.4 Å². The third-order valence-corrected chi connectivity index (χ3v) is 7.20. The molecule has 148 valence electrons. The van der Waals surface area contributed by atoms with Gasteiger partial charge < -0.3 is 5.32 Å². The molecule has 2 aliphatic rings. The Bertz CT molecular complexity index is 962. The summed E-state index contributed by atoms with van der Waals surface area (Å²) >= 11 is 0. The maximum absolute atomic E-state index is 12.9. The largest absolute Gasteiger partial charge is 0.453 e. The summed E-state index contributed by atoms with van der Waals surface area (Å²) in [5.74, 6) is -1.00. The van der Waals surface area contributed by atoms with Crippen LogP contribution in [-0.2, 0) is 16.2 Å². The van der Waals surface area contributed by atoms with Crippen LogP contribution in [0.25, 0.3) is 5.78 Å². The molecule has 1 saturated heterocycles. The molecule has 0 atom stereocenters. The van der Waals surface area contributed by atoms with Gasteiger partial charge in [-0.05, 0) is 32.6 Å². The van der Waals surface area contributed by atoms with E-state index in [9.17, 15) is 21.6 Å². The summed E-state index contributed by atoms with van der Waals surface area (Å²) in [7, 11) is -3.20. The van der Waals surface area contributed by atoms with Crippen LogP contribution in [0.15, 0.2) is 6.07 Å². The van der Waals surface area contributed by atoms with E-state index >= 15 is 0 Å². The standard InChI is InChI=1S/C15H19F3N6O2S/c1-9-8-12(24-14(19-9)21-13(22-24)15(16,17)18)20-10-4-6-23(7-5-10)27(25,26)11-2-3-11/h8,10-11,20H,2-7H2,1H3. The van der Waals surface area contributed by atoms with E-state index in [0.29, 0.717) is 37.4 Å². The van der Waals surface area contributed by atoms with Gasteiger partial charge in [-0.3, -0.25) is 0 Å². The molecule has 0 aromatic carbocycles. The first-order valence-corrected chi connectivity index (χ1v) is 10.2. The predicted molar refractivity (Wildman–Crippen MR) is 90.7 cm³/mol. The smallest absolute Gasteiger partial charge is 0.367 e. The highest BCUT2D eigenvalue weighted by atomic mass is 32.2. The molecule has 1 aliphatic carbocycles. The zero-order valence-corrected chi connectivity index (χ0v) is 15.4. The van der Waals surface area contributed by atoms with Crippen molar-refractivity contribution in [3.8, 4) is 0 Å². The van der Waals surface area contributed by atoms with E-state index in [-0.39, 0.29) is 17.1 Å². The molecule has 0 radical (unpaired) electrons. The van der Waals surface area contributed by atoms with Gasteiger partial charge in [0, 0.05) is 30.9 Å². The van der Waals surface area contributed by atoms with Crippen LogP contribution in [-0.4, -0.2) is 56.7 Å². The first kappa shape index (κ1) is 18.4. The van der Waals surface area contributed by atoms with Crippen LogP contribution in [0.2, 0.25) is 0 Å². The first-order valence-electron chi connectivity index (χ1n) is 8.72. The number of hydrogen-bond acceptors (Lipinski definition) is 6. The number of nitrogens with one attached hydrogen (secondary N) is 1. The number of alkyl halides is 3. The van der Waals surface area contributed by atoms with Crippen LogP contribution in [0, 0.1) is 6.92 Å². The Hall–Kier alpha value is -1.95. The highest BCUT2D eigenvalue weighted by Crippen LogP contribution is 2.33. The molecule has 8 nitrogen and oxygen atoms in total. The van der Waals surface area contributed by atoms with E-state index in [0.717, 1.165) is 17.4 Å². The molecule has 1 saturated carbocycles. The van der Waals surface area contributed by atoms with Gasteiger partial charge in [-0.25, -0.2) is 17.7 Å². The number of piperidine rings is 1. The van der Waals surface area contributed by atoms with Crippen molar-refractivity contribution in [3.63, 3.8) is 0 Å². The van der Waals surface area contributed by atoms with Gasteiger partial charge in [0.25, 0.3) is 11.6 Å². The van der Waals surface area contributed by atoms with Crippen molar-refractivity contribution in [1.82, 2.24) is 23.9 Å². The van der Waals surface area contributed by atoms with Crippen LogP contribution in [0.3, 0.4) is 0 Å². The molecule has 0 spiro atoms. The van der Waals surface area contributed by atoms with Crippen molar-refractivity contribution in [2.24, 2.45) is 0 Å². The molecule has 2 fully saturated rings. The normalized spacial score (nSPS) is 20.3. The van der Waals surface area contributed by atoms with E-state index in [4.69, 9.17) is 0 Å². The summed E-state index contributed by atoms with van der Waals surface area (Å²) in [6, 6.07) is 1.54. The monoisotopic (exact) mass is 404 g/mol. The lowest BCUT2D eigenvalue weighted by Crippen LogP contribution is -2.43. The molecule has 0 unspecified atom stereocenters. The van der Waals surface area contributed by atoms with E-state index in [2.05, 4.69) is 20.4 Å². The Morgan fingerprint density at radius 2 is 1.81 bits per heavy atom. The summed E-state index contributed by atoms with van der Waals surface area (Å²) < 4.78 is 65.8. The van der Waals surface area contributed by atoms with E-state index < -0.39 is 22.0 Å².